The molecule has 2 heterocycles. The molecule has 0 saturated carbocycles. The van der Waals surface area contributed by atoms with Crippen LogP contribution in [-0.4, -0.2) is 16.3 Å². The molecule has 0 amide bonds. The first kappa shape index (κ1) is 11.9. The van der Waals surface area contributed by atoms with Gasteiger partial charge in [0, 0.05) is 18.0 Å². The quantitative estimate of drug-likeness (QED) is 0.777. The smallest absolute Gasteiger partial charge is 0.169 e. The molecular weight excluding hydrogens is 232 g/mol. The molecule has 0 bridgehead atoms. The largest absolute Gasteiger partial charge is 0.296 e. The molecule has 2 rings (SSSR count). The Hall–Kier alpha value is -1.55. The summed E-state index contributed by atoms with van der Waals surface area (Å²) in [5.41, 5.74) is 2.56. The maximum atomic E-state index is 11.0. The van der Waals surface area contributed by atoms with E-state index in [9.17, 15) is 4.79 Å². The zero-order valence-corrected chi connectivity index (χ0v) is 10.8. The molecule has 0 radical (unpaired) electrons. The van der Waals surface area contributed by atoms with Crippen molar-refractivity contribution in [3.8, 4) is 10.4 Å². The maximum Gasteiger partial charge on any atom is 0.169 e. The van der Waals surface area contributed by atoms with Gasteiger partial charge in [-0.05, 0) is 25.0 Å². The molecule has 17 heavy (non-hydrogen) atoms. The zero-order chi connectivity index (χ0) is 12.3. The molecule has 0 spiro atoms. The predicted octanol–water partition coefficient (Wildman–Crippen LogP) is 3.28. The molecule has 0 aliphatic carbocycles. The maximum absolute atomic E-state index is 11.0. The van der Waals surface area contributed by atoms with Gasteiger partial charge in [-0.1, -0.05) is 13.3 Å². The van der Waals surface area contributed by atoms with Crippen LogP contribution in [0, 0.1) is 6.92 Å². The number of hydrogen-bond donors (Lipinski definition) is 0. The first-order valence-electron chi connectivity index (χ1n) is 5.61. The summed E-state index contributed by atoms with van der Waals surface area (Å²) in [5.74, 6) is 0. The number of rotatable bonds is 4. The van der Waals surface area contributed by atoms with Crippen molar-refractivity contribution in [2.75, 3.05) is 0 Å². The van der Waals surface area contributed by atoms with Gasteiger partial charge >= 0.3 is 0 Å². The Morgan fingerprint density at radius 2 is 2.18 bits per heavy atom. The molecule has 2 aromatic rings. The lowest BCUT2D eigenvalue weighted by atomic mass is 10.1. The molecule has 3 nitrogen and oxygen atoms in total. The average Bonchev–Trinajstić information content (AvgIpc) is 2.76. The average molecular weight is 246 g/mol. The fraction of sp³-hybridized carbons (Fsp3) is 0.308. The highest BCUT2D eigenvalue weighted by atomic mass is 32.1. The van der Waals surface area contributed by atoms with Gasteiger partial charge in [0.05, 0.1) is 9.88 Å². The van der Waals surface area contributed by atoms with Crippen LogP contribution in [0.15, 0.2) is 18.5 Å². The van der Waals surface area contributed by atoms with Gasteiger partial charge in [-0.2, -0.15) is 0 Å². The van der Waals surface area contributed by atoms with E-state index in [0.717, 1.165) is 34.6 Å². The number of thiazole rings is 1. The van der Waals surface area contributed by atoms with Crippen molar-refractivity contribution in [2.45, 2.75) is 26.7 Å². The van der Waals surface area contributed by atoms with E-state index < -0.39 is 0 Å². The summed E-state index contributed by atoms with van der Waals surface area (Å²) in [4.78, 5) is 20.4. The number of pyridine rings is 1. The Kier molecular flexibility index (Phi) is 3.64. The third-order valence-corrected chi connectivity index (χ3v) is 3.46. The van der Waals surface area contributed by atoms with Gasteiger partial charge in [-0.15, -0.1) is 11.3 Å². The van der Waals surface area contributed by atoms with Crippen LogP contribution in [-0.2, 0) is 6.42 Å². The van der Waals surface area contributed by atoms with Crippen LogP contribution in [0.2, 0.25) is 0 Å². The molecule has 4 heteroatoms. The van der Waals surface area contributed by atoms with Crippen molar-refractivity contribution in [3.05, 3.63) is 34.7 Å². The van der Waals surface area contributed by atoms with E-state index in [-0.39, 0.29) is 0 Å². The molecular formula is C13H14N2OS. The standard InChI is InChI=1S/C13H14N2OS/c1-3-4-10-5-11(12(8-16)15-6-10)13-7-14-9(2)17-13/h5-8H,3-4H2,1-2H3. The summed E-state index contributed by atoms with van der Waals surface area (Å²) >= 11 is 1.59. The van der Waals surface area contributed by atoms with E-state index in [1.807, 2.05) is 13.0 Å². The Bertz CT molecular complexity index is 534. The molecule has 0 unspecified atom stereocenters. The van der Waals surface area contributed by atoms with Crippen LogP contribution in [0.5, 0.6) is 0 Å². The van der Waals surface area contributed by atoms with Crippen LogP contribution in [0.25, 0.3) is 10.4 Å². The van der Waals surface area contributed by atoms with E-state index in [4.69, 9.17) is 0 Å². The SMILES string of the molecule is CCCc1cnc(C=O)c(-c2cnc(C)s2)c1. The number of aromatic nitrogens is 2. The van der Waals surface area contributed by atoms with E-state index in [0.29, 0.717) is 5.69 Å². The van der Waals surface area contributed by atoms with Gasteiger partial charge in [0.15, 0.2) is 6.29 Å². The third kappa shape index (κ3) is 2.58. The molecule has 0 N–H and O–H groups in total. The molecule has 0 aliphatic rings. The molecule has 0 fully saturated rings. The summed E-state index contributed by atoms with van der Waals surface area (Å²) in [6.07, 6.45) is 6.45. The summed E-state index contributed by atoms with van der Waals surface area (Å²) in [7, 11) is 0. The van der Waals surface area contributed by atoms with Crippen molar-refractivity contribution in [2.24, 2.45) is 0 Å². The van der Waals surface area contributed by atoms with Crippen LogP contribution in [0.4, 0.5) is 0 Å². The number of hydrogen-bond acceptors (Lipinski definition) is 4. The molecule has 0 saturated heterocycles. The van der Waals surface area contributed by atoms with Crippen LogP contribution < -0.4 is 0 Å². The minimum atomic E-state index is 0.494. The first-order valence-corrected chi connectivity index (χ1v) is 6.43. The molecule has 0 aliphatic heterocycles. The second kappa shape index (κ2) is 5.19. The van der Waals surface area contributed by atoms with Crippen LogP contribution >= 0.6 is 11.3 Å². The summed E-state index contributed by atoms with van der Waals surface area (Å²) in [6, 6.07) is 2.05. The summed E-state index contributed by atoms with van der Waals surface area (Å²) in [6.45, 7) is 4.09. The van der Waals surface area contributed by atoms with Gasteiger partial charge in [-0.3, -0.25) is 9.78 Å². The minimum absolute atomic E-state index is 0.494. The van der Waals surface area contributed by atoms with Crippen molar-refractivity contribution >= 4 is 17.6 Å². The van der Waals surface area contributed by atoms with Gasteiger partial charge in [0.25, 0.3) is 0 Å². The van der Waals surface area contributed by atoms with Gasteiger partial charge in [0.1, 0.15) is 5.69 Å². The topological polar surface area (TPSA) is 42.9 Å². The highest BCUT2D eigenvalue weighted by Gasteiger charge is 2.09. The van der Waals surface area contributed by atoms with E-state index in [2.05, 4.69) is 16.9 Å². The fourth-order valence-electron chi connectivity index (χ4n) is 1.72. The van der Waals surface area contributed by atoms with Crippen LogP contribution in [0.1, 0.15) is 34.4 Å². The normalized spacial score (nSPS) is 10.5. The Morgan fingerprint density at radius 1 is 1.35 bits per heavy atom. The first-order chi connectivity index (χ1) is 8.24. The van der Waals surface area contributed by atoms with Crippen LogP contribution in [0.3, 0.4) is 0 Å². The summed E-state index contributed by atoms with van der Waals surface area (Å²) in [5, 5.41) is 0.998. The molecule has 2 aromatic heterocycles. The van der Waals surface area contributed by atoms with Gasteiger partial charge in [0.2, 0.25) is 0 Å². The van der Waals surface area contributed by atoms with Crippen molar-refractivity contribution < 1.29 is 4.79 Å². The van der Waals surface area contributed by atoms with Crippen molar-refractivity contribution in [1.29, 1.82) is 0 Å². The Labute approximate surface area is 105 Å². The molecule has 0 atom stereocenters. The lowest BCUT2D eigenvalue weighted by Crippen LogP contribution is -1.94. The number of carbonyl (C=O) groups excluding carboxylic acids is 1. The predicted molar refractivity (Wildman–Crippen MR) is 69.5 cm³/mol. The monoisotopic (exact) mass is 246 g/mol. The lowest BCUT2D eigenvalue weighted by Gasteiger charge is -2.04. The Balaban J connectivity index is 2.49. The highest BCUT2D eigenvalue weighted by Crippen LogP contribution is 2.28. The summed E-state index contributed by atoms with van der Waals surface area (Å²) < 4.78 is 0. The fourth-order valence-corrected chi connectivity index (χ4v) is 2.52. The van der Waals surface area contributed by atoms with Gasteiger partial charge < -0.3 is 0 Å². The lowest BCUT2D eigenvalue weighted by molar-refractivity contribution is 0.111. The van der Waals surface area contributed by atoms with Gasteiger partial charge in [-0.25, -0.2) is 4.98 Å². The molecule has 0 aromatic carbocycles. The zero-order valence-electron chi connectivity index (χ0n) is 9.93. The number of carbonyl (C=O) groups is 1. The van der Waals surface area contributed by atoms with E-state index in [1.54, 1.807) is 23.7 Å². The minimum Gasteiger partial charge on any atom is -0.296 e. The highest BCUT2D eigenvalue weighted by molar-refractivity contribution is 7.15. The number of nitrogens with zero attached hydrogens (tertiary/aromatic N) is 2. The number of aldehydes is 1. The second-order valence-corrected chi connectivity index (χ2v) is 5.12. The molecule has 88 valence electrons. The number of aryl methyl sites for hydroxylation is 2. The van der Waals surface area contributed by atoms with Crippen molar-refractivity contribution in [3.63, 3.8) is 0 Å². The van der Waals surface area contributed by atoms with Crippen molar-refractivity contribution in [1.82, 2.24) is 9.97 Å². The van der Waals surface area contributed by atoms with E-state index in [1.165, 1.54) is 5.56 Å². The second-order valence-electron chi connectivity index (χ2n) is 3.89. The van der Waals surface area contributed by atoms with E-state index >= 15 is 0 Å². The third-order valence-electron chi connectivity index (χ3n) is 2.51. The Morgan fingerprint density at radius 3 is 2.76 bits per heavy atom.